The molecule has 0 aliphatic heterocycles. The second-order valence-corrected chi connectivity index (χ2v) is 12.4. The maximum Gasteiger partial charge on any atom is 0.490 e. The van der Waals surface area contributed by atoms with Crippen molar-refractivity contribution in [3.63, 3.8) is 0 Å². The fourth-order valence-corrected chi connectivity index (χ4v) is 5.16. The predicted molar refractivity (Wildman–Crippen MR) is 189 cm³/mol. The molecule has 0 fully saturated rings. The molecule has 54 heavy (non-hydrogen) atoms. The number of carboxylic acid groups (broad SMARTS) is 2. The average molecular weight is 760 g/mol. The van der Waals surface area contributed by atoms with E-state index in [1.165, 1.54) is 29.2 Å². The van der Waals surface area contributed by atoms with Gasteiger partial charge in [0.15, 0.2) is 0 Å². The van der Waals surface area contributed by atoms with E-state index >= 15 is 8.78 Å². The summed E-state index contributed by atoms with van der Waals surface area (Å²) in [6, 6.07) is 14.7. The number of benzene rings is 3. The van der Waals surface area contributed by atoms with Gasteiger partial charge in [-0.3, -0.25) is 10.2 Å². The van der Waals surface area contributed by atoms with Gasteiger partial charge in [0.25, 0.3) is 17.7 Å². The number of nitrogens with one attached hydrogen (secondary N) is 2. The minimum absolute atomic E-state index is 0.0351. The quantitative estimate of drug-likeness (QED) is 0.0543. The highest BCUT2D eigenvalue weighted by Gasteiger charge is 2.38. The molecule has 4 rings (SSSR count). The number of carbonyl (C=O) groups is 3. The Morgan fingerprint density at radius 1 is 0.889 bits per heavy atom. The van der Waals surface area contributed by atoms with E-state index in [-0.39, 0.29) is 41.5 Å². The van der Waals surface area contributed by atoms with Gasteiger partial charge in [-0.2, -0.15) is 26.9 Å². The predicted octanol–water partition coefficient (Wildman–Crippen LogP) is 7.73. The molecule has 0 radical (unpaired) electrons. The molecular formula is C37H38F5N5O7. The Balaban J connectivity index is 0.00000102. The minimum Gasteiger partial charge on any atom is -0.478 e. The summed E-state index contributed by atoms with van der Waals surface area (Å²) >= 11 is 0. The maximum atomic E-state index is 16.2. The van der Waals surface area contributed by atoms with Crippen molar-refractivity contribution >= 4 is 29.4 Å². The molecule has 0 bridgehead atoms. The molecule has 17 heteroatoms. The van der Waals surface area contributed by atoms with Crippen LogP contribution in [0.4, 0.5) is 27.6 Å². The van der Waals surface area contributed by atoms with Crippen LogP contribution in [0.3, 0.4) is 0 Å². The van der Waals surface area contributed by atoms with Crippen LogP contribution in [0.2, 0.25) is 0 Å². The number of amidine groups is 1. The number of rotatable bonds is 12. The number of pyridine rings is 1. The number of carbonyl (C=O) groups excluding carboxylic acids is 1. The first kappa shape index (κ1) is 42.2. The zero-order valence-corrected chi connectivity index (χ0v) is 29.9. The monoisotopic (exact) mass is 759 g/mol. The minimum atomic E-state index is -5.08. The lowest BCUT2D eigenvalue weighted by molar-refractivity contribution is -0.192. The molecule has 0 atom stereocenters. The molecule has 0 aliphatic carbocycles. The van der Waals surface area contributed by atoms with E-state index in [1.807, 2.05) is 32.0 Å². The Morgan fingerprint density at radius 3 is 2.00 bits per heavy atom. The second kappa shape index (κ2) is 17.5. The van der Waals surface area contributed by atoms with Gasteiger partial charge in [0, 0.05) is 29.8 Å². The standard InChI is InChI=1S/C35H37F2N5O5.C2HF3O2/c1-18(2)42(19(3)4)30-28(36)33(46-25-9-7-8-22(15-25)31(38)39)41-34(29(30)37)47-27-13-12-23(16-26(27)35(44)45)32(43)40-17-24-11-10-20(5)14-21(24)6;3-2(4,5)1(6)7/h7-16,18-19H,17H2,1-6H3,(H3,38,39)(H,40,43)(H,44,45);(H,6,7). The van der Waals surface area contributed by atoms with E-state index in [0.717, 1.165) is 22.8 Å². The van der Waals surface area contributed by atoms with Gasteiger partial charge < -0.3 is 35.6 Å². The Hall–Kier alpha value is -6.26. The molecule has 288 valence electrons. The van der Waals surface area contributed by atoms with Gasteiger partial charge in [-0.15, -0.1) is 0 Å². The summed E-state index contributed by atoms with van der Waals surface area (Å²) in [5.41, 5.74) is 7.96. The number of alkyl halides is 3. The SMILES string of the molecule is Cc1ccc(CNC(=O)c2ccc(Oc3nc(Oc4cccc(C(=N)N)c4)c(F)c(N(C(C)C)C(C)C)c3F)c(C(=O)O)c2)c(C)c1.O=C(O)C(F)(F)F. The maximum absolute atomic E-state index is 16.2. The topological polar surface area (TPSA) is 188 Å². The molecule has 1 amide bonds. The van der Waals surface area contributed by atoms with Crippen LogP contribution in [0.1, 0.15) is 70.7 Å². The van der Waals surface area contributed by atoms with Crippen molar-refractivity contribution in [2.75, 3.05) is 4.90 Å². The van der Waals surface area contributed by atoms with Crippen molar-refractivity contribution in [2.24, 2.45) is 5.73 Å². The molecule has 0 unspecified atom stereocenters. The van der Waals surface area contributed by atoms with Crippen molar-refractivity contribution < 1.29 is 56.0 Å². The van der Waals surface area contributed by atoms with Gasteiger partial charge in [-0.05, 0) is 83.0 Å². The molecule has 6 N–H and O–H groups in total. The number of carboxylic acids is 2. The van der Waals surface area contributed by atoms with E-state index in [9.17, 15) is 27.9 Å². The van der Waals surface area contributed by atoms with E-state index in [2.05, 4.69) is 10.3 Å². The summed E-state index contributed by atoms with van der Waals surface area (Å²) in [4.78, 5) is 39.6. The number of aromatic carboxylic acids is 1. The van der Waals surface area contributed by atoms with Gasteiger partial charge in [-0.25, -0.2) is 9.59 Å². The fraction of sp³-hybridized carbons (Fsp3) is 0.270. The fourth-order valence-electron chi connectivity index (χ4n) is 5.16. The van der Waals surface area contributed by atoms with Crippen LogP contribution >= 0.6 is 0 Å². The summed E-state index contributed by atoms with van der Waals surface area (Å²) in [7, 11) is 0. The van der Waals surface area contributed by atoms with Gasteiger partial charge in [0.05, 0.1) is 0 Å². The van der Waals surface area contributed by atoms with Crippen molar-refractivity contribution in [1.82, 2.24) is 10.3 Å². The van der Waals surface area contributed by atoms with Gasteiger partial charge in [-0.1, -0.05) is 35.9 Å². The number of halogens is 5. The van der Waals surface area contributed by atoms with Crippen molar-refractivity contribution in [3.05, 3.63) is 106 Å². The molecule has 1 aromatic heterocycles. The van der Waals surface area contributed by atoms with Gasteiger partial charge >= 0.3 is 18.1 Å². The molecule has 0 spiro atoms. The van der Waals surface area contributed by atoms with Crippen LogP contribution in [0.15, 0.2) is 60.7 Å². The summed E-state index contributed by atoms with van der Waals surface area (Å²) in [6.07, 6.45) is -5.08. The first-order valence-corrected chi connectivity index (χ1v) is 16.1. The normalized spacial score (nSPS) is 11.1. The number of nitrogen functional groups attached to an aromatic ring is 1. The molecule has 0 saturated carbocycles. The Labute approximate surface area is 306 Å². The Kier molecular flexibility index (Phi) is 13.7. The number of amides is 1. The van der Waals surface area contributed by atoms with Crippen molar-refractivity contribution in [2.45, 2.75) is 66.3 Å². The summed E-state index contributed by atoms with van der Waals surface area (Å²) in [6.45, 7) is 11.1. The van der Waals surface area contributed by atoms with E-state index in [4.69, 9.17) is 30.5 Å². The zero-order valence-electron chi connectivity index (χ0n) is 29.9. The Morgan fingerprint density at radius 2 is 1.48 bits per heavy atom. The summed E-state index contributed by atoms with van der Waals surface area (Å²) in [5.74, 6) is -8.94. The first-order valence-electron chi connectivity index (χ1n) is 16.1. The third kappa shape index (κ3) is 10.6. The number of ether oxygens (including phenoxy) is 2. The van der Waals surface area contributed by atoms with Gasteiger partial charge in [0.1, 0.15) is 28.6 Å². The van der Waals surface area contributed by atoms with Crippen molar-refractivity contribution in [1.29, 1.82) is 5.41 Å². The number of nitrogens with two attached hydrogens (primary N) is 1. The highest BCUT2D eigenvalue weighted by molar-refractivity contribution is 5.99. The smallest absolute Gasteiger partial charge is 0.478 e. The number of anilines is 1. The first-order chi connectivity index (χ1) is 25.1. The highest BCUT2D eigenvalue weighted by Crippen LogP contribution is 2.40. The van der Waals surface area contributed by atoms with Gasteiger partial charge in [0.2, 0.25) is 11.6 Å². The molecule has 4 aromatic rings. The molecule has 3 aromatic carbocycles. The summed E-state index contributed by atoms with van der Waals surface area (Å²) < 4.78 is 75.3. The number of hydrogen-bond donors (Lipinski definition) is 5. The van der Waals surface area contributed by atoms with Crippen LogP contribution in [0.5, 0.6) is 23.3 Å². The largest absolute Gasteiger partial charge is 0.490 e. The molecule has 0 aliphatic rings. The summed E-state index contributed by atoms with van der Waals surface area (Å²) in [5, 5.41) is 27.6. The van der Waals surface area contributed by atoms with Crippen LogP contribution in [-0.4, -0.2) is 57.1 Å². The van der Waals surface area contributed by atoms with E-state index < -0.39 is 58.7 Å². The van der Waals surface area contributed by atoms with Crippen LogP contribution < -0.4 is 25.4 Å². The third-order valence-corrected chi connectivity index (χ3v) is 7.58. The number of aryl methyl sites for hydroxylation is 2. The molecule has 0 saturated heterocycles. The average Bonchev–Trinajstić information content (AvgIpc) is 3.07. The number of hydrogen-bond acceptors (Lipinski definition) is 8. The molecule has 12 nitrogen and oxygen atoms in total. The number of aliphatic carboxylic acids is 1. The Bertz CT molecular complexity index is 2050. The van der Waals surface area contributed by atoms with E-state index in [0.29, 0.717) is 5.56 Å². The number of nitrogens with zero attached hydrogens (tertiary/aromatic N) is 2. The lowest BCUT2D eigenvalue weighted by atomic mass is 10.1. The third-order valence-electron chi connectivity index (χ3n) is 7.58. The number of aromatic nitrogens is 1. The van der Waals surface area contributed by atoms with Crippen LogP contribution in [0.25, 0.3) is 0 Å². The van der Waals surface area contributed by atoms with E-state index in [1.54, 1.807) is 39.8 Å². The van der Waals surface area contributed by atoms with Crippen molar-refractivity contribution in [3.8, 4) is 23.3 Å². The lowest BCUT2D eigenvalue weighted by Crippen LogP contribution is -2.38. The molecular weight excluding hydrogens is 721 g/mol. The van der Waals surface area contributed by atoms with Crippen LogP contribution in [0, 0.1) is 30.9 Å². The molecule has 1 heterocycles. The highest BCUT2D eigenvalue weighted by atomic mass is 19.4. The zero-order chi connectivity index (χ0) is 40.7. The van der Waals surface area contributed by atoms with Crippen LogP contribution in [-0.2, 0) is 11.3 Å². The second-order valence-electron chi connectivity index (χ2n) is 12.4. The lowest BCUT2D eigenvalue weighted by Gasteiger charge is -2.33.